The summed E-state index contributed by atoms with van der Waals surface area (Å²) in [6.07, 6.45) is 5.36. The lowest BCUT2D eigenvalue weighted by Gasteiger charge is -2.37. The molecule has 0 atom stereocenters. The molecule has 0 bridgehead atoms. The van der Waals surface area contributed by atoms with Crippen LogP contribution in [-0.2, 0) is 23.0 Å². The fourth-order valence-corrected chi connectivity index (χ4v) is 4.58. The van der Waals surface area contributed by atoms with Gasteiger partial charge in [0.15, 0.2) is 5.96 Å². The maximum absolute atomic E-state index is 6.51. The minimum Gasteiger partial charge on any atom is -0.381 e. The number of aliphatic imine (C=N–C) groups is 1. The number of aryl methyl sites for hydroxylation is 2. The van der Waals surface area contributed by atoms with E-state index in [0.29, 0.717) is 12.5 Å². The minimum absolute atomic E-state index is 0. The van der Waals surface area contributed by atoms with Crippen molar-refractivity contribution in [2.45, 2.75) is 37.5 Å². The van der Waals surface area contributed by atoms with Crippen molar-refractivity contribution in [1.29, 1.82) is 0 Å². The molecular weight excluding hydrogens is 485 g/mol. The van der Waals surface area contributed by atoms with Crippen LogP contribution in [0.1, 0.15) is 36.0 Å². The first kappa shape index (κ1) is 21.4. The Kier molecular flexibility index (Phi) is 7.23. The average Bonchev–Trinajstić information content (AvgIpc) is 3.15. The lowest BCUT2D eigenvalue weighted by molar-refractivity contribution is 0.0532. The molecule has 150 valence electrons. The first-order valence-electron chi connectivity index (χ1n) is 9.68. The van der Waals surface area contributed by atoms with Gasteiger partial charge >= 0.3 is 0 Å². The van der Waals surface area contributed by atoms with Gasteiger partial charge < -0.3 is 15.8 Å². The Morgan fingerprint density at radius 1 is 1.11 bits per heavy atom. The van der Waals surface area contributed by atoms with Crippen LogP contribution in [0.4, 0.5) is 5.69 Å². The molecule has 2 aromatic rings. The summed E-state index contributed by atoms with van der Waals surface area (Å²) in [7, 11) is 0. The molecule has 0 radical (unpaired) electrons. The molecule has 0 aromatic heterocycles. The topological polar surface area (TPSA) is 59.6 Å². The van der Waals surface area contributed by atoms with E-state index in [4.69, 9.17) is 27.1 Å². The van der Waals surface area contributed by atoms with Crippen LogP contribution in [0.2, 0.25) is 5.02 Å². The van der Waals surface area contributed by atoms with Crippen LogP contribution in [0.3, 0.4) is 0 Å². The van der Waals surface area contributed by atoms with Gasteiger partial charge in [-0.15, -0.1) is 24.0 Å². The number of hydrogen-bond acceptors (Lipinski definition) is 2. The maximum atomic E-state index is 6.51. The normalized spacial score (nSPS) is 18.2. The number of nitrogens with two attached hydrogens (primary N) is 1. The van der Waals surface area contributed by atoms with E-state index < -0.39 is 0 Å². The highest BCUT2D eigenvalue weighted by Crippen LogP contribution is 2.39. The van der Waals surface area contributed by atoms with Crippen LogP contribution >= 0.6 is 35.6 Å². The fourth-order valence-electron chi connectivity index (χ4n) is 4.24. The SMILES string of the molecule is I.NC(=NCC1(c2ccccc2Cl)CCOCC1)Nc1ccc2c(c1)CCC2. The second-order valence-electron chi connectivity index (χ2n) is 7.54. The molecule has 1 heterocycles. The molecule has 1 saturated heterocycles. The summed E-state index contributed by atoms with van der Waals surface area (Å²) in [5.74, 6) is 0.450. The van der Waals surface area contributed by atoms with Crippen molar-refractivity contribution in [2.24, 2.45) is 10.7 Å². The third kappa shape index (κ3) is 4.63. The molecule has 1 aliphatic heterocycles. The number of nitrogens with zero attached hydrogens (tertiary/aromatic N) is 1. The van der Waals surface area contributed by atoms with Gasteiger partial charge in [-0.05, 0) is 67.0 Å². The van der Waals surface area contributed by atoms with Crippen LogP contribution < -0.4 is 11.1 Å². The van der Waals surface area contributed by atoms with E-state index in [-0.39, 0.29) is 29.4 Å². The number of fused-ring (bicyclic) bond motifs is 1. The van der Waals surface area contributed by atoms with Gasteiger partial charge in [-0.1, -0.05) is 35.9 Å². The second kappa shape index (κ2) is 9.46. The van der Waals surface area contributed by atoms with Gasteiger partial charge in [0.05, 0.1) is 6.54 Å². The number of hydrogen-bond donors (Lipinski definition) is 2. The predicted octanol–water partition coefficient (Wildman–Crippen LogP) is 4.92. The molecule has 0 spiro atoms. The number of halogens is 2. The molecule has 0 saturated carbocycles. The molecule has 1 fully saturated rings. The summed E-state index contributed by atoms with van der Waals surface area (Å²) in [5.41, 5.74) is 11.1. The highest BCUT2D eigenvalue weighted by atomic mass is 127. The summed E-state index contributed by atoms with van der Waals surface area (Å²) in [6, 6.07) is 14.5. The van der Waals surface area contributed by atoms with Gasteiger partial charge in [-0.25, -0.2) is 0 Å². The molecule has 6 heteroatoms. The van der Waals surface area contributed by atoms with Gasteiger partial charge in [0.25, 0.3) is 0 Å². The molecule has 4 rings (SSSR count). The van der Waals surface area contributed by atoms with Crippen molar-refractivity contribution in [3.8, 4) is 0 Å². The van der Waals surface area contributed by atoms with E-state index in [1.165, 1.54) is 24.0 Å². The molecule has 0 unspecified atom stereocenters. The second-order valence-corrected chi connectivity index (χ2v) is 7.94. The highest BCUT2D eigenvalue weighted by molar-refractivity contribution is 14.0. The Morgan fingerprint density at radius 2 is 1.86 bits per heavy atom. The van der Waals surface area contributed by atoms with E-state index >= 15 is 0 Å². The smallest absolute Gasteiger partial charge is 0.193 e. The summed E-state index contributed by atoms with van der Waals surface area (Å²) < 4.78 is 5.59. The zero-order chi connectivity index (χ0) is 18.7. The summed E-state index contributed by atoms with van der Waals surface area (Å²) >= 11 is 6.51. The van der Waals surface area contributed by atoms with Crippen molar-refractivity contribution in [3.63, 3.8) is 0 Å². The number of ether oxygens (including phenoxy) is 1. The van der Waals surface area contributed by atoms with E-state index in [0.717, 1.165) is 48.7 Å². The molecular formula is C22H27ClIN3O. The summed E-state index contributed by atoms with van der Waals surface area (Å²) in [6.45, 7) is 2.04. The number of benzene rings is 2. The van der Waals surface area contributed by atoms with Crippen LogP contribution in [0.25, 0.3) is 0 Å². The quantitative estimate of drug-likeness (QED) is 0.348. The fraction of sp³-hybridized carbons (Fsp3) is 0.409. The monoisotopic (exact) mass is 511 g/mol. The van der Waals surface area contributed by atoms with Gasteiger partial charge in [0.1, 0.15) is 0 Å². The zero-order valence-corrected chi connectivity index (χ0v) is 19.0. The number of anilines is 1. The average molecular weight is 512 g/mol. The molecule has 3 N–H and O–H groups in total. The Bertz CT molecular complexity index is 849. The van der Waals surface area contributed by atoms with Gasteiger partial charge in [-0.3, -0.25) is 4.99 Å². The van der Waals surface area contributed by atoms with Crippen LogP contribution in [-0.4, -0.2) is 25.7 Å². The summed E-state index contributed by atoms with van der Waals surface area (Å²) in [5, 5.41) is 4.05. The number of rotatable bonds is 4. The van der Waals surface area contributed by atoms with Crippen molar-refractivity contribution in [3.05, 3.63) is 64.2 Å². The number of guanidine groups is 1. The van der Waals surface area contributed by atoms with Crippen molar-refractivity contribution in [1.82, 2.24) is 0 Å². The largest absolute Gasteiger partial charge is 0.381 e. The van der Waals surface area contributed by atoms with E-state index in [1.807, 2.05) is 18.2 Å². The van der Waals surface area contributed by atoms with E-state index in [2.05, 4.69) is 29.6 Å². The van der Waals surface area contributed by atoms with Crippen molar-refractivity contribution in [2.75, 3.05) is 25.1 Å². The predicted molar refractivity (Wildman–Crippen MR) is 127 cm³/mol. The van der Waals surface area contributed by atoms with Crippen molar-refractivity contribution >= 4 is 47.2 Å². The van der Waals surface area contributed by atoms with Gasteiger partial charge in [0.2, 0.25) is 0 Å². The summed E-state index contributed by atoms with van der Waals surface area (Å²) in [4.78, 5) is 4.70. The van der Waals surface area contributed by atoms with Crippen LogP contribution in [0.5, 0.6) is 0 Å². The standard InChI is InChI=1S/C22H26ClN3O.HI/c23-20-7-2-1-6-19(20)22(10-12-27-13-11-22)15-25-21(24)26-18-9-8-16-4-3-5-17(16)14-18;/h1-2,6-9,14H,3-5,10-13,15H2,(H3,24,25,26);1H. The molecule has 4 nitrogen and oxygen atoms in total. The molecule has 0 amide bonds. The lowest BCUT2D eigenvalue weighted by atomic mass is 9.74. The third-order valence-corrected chi connectivity index (χ3v) is 6.15. The maximum Gasteiger partial charge on any atom is 0.193 e. The van der Waals surface area contributed by atoms with Crippen molar-refractivity contribution < 1.29 is 4.74 Å². The zero-order valence-electron chi connectivity index (χ0n) is 15.9. The highest BCUT2D eigenvalue weighted by Gasteiger charge is 2.36. The lowest BCUT2D eigenvalue weighted by Crippen LogP contribution is -2.38. The van der Waals surface area contributed by atoms with Crippen LogP contribution in [0.15, 0.2) is 47.5 Å². The van der Waals surface area contributed by atoms with E-state index in [9.17, 15) is 0 Å². The Morgan fingerprint density at radius 3 is 2.64 bits per heavy atom. The van der Waals surface area contributed by atoms with E-state index in [1.54, 1.807) is 0 Å². The van der Waals surface area contributed by atoms with Crippen LogP contribution in [0, 0.1) is 0 Å². The molecule has 2 aromatic carbocycles. The minimum atomic E-state index is -0.124. The van der Waals surface area contributed by atoms with Gasteiger partial charge in [-0.2, -0.15) is 0 Å². The third-order valence-electron chi connectivity index (χ3n) is 5.82. The molecule has 28 heavy (non-hydrogen) atoms. The number of nitrogens with one attached hydrogen (secondary N) is 1. The molecule has 1 aliphatic carbocycles. The Hall–Kier alpha value is -1.31. The van der Waals surface area contributed by atoms with Gasteiger partial charge in [0, 0.05) is 29.3 Å². The first-order valence-corrected chi connectivity index (χ1v) is 10.1. The Balaban J connectivity index is 0.00000225. The molecule has 2 aliphatic rings. The first-order chi connectivity index (χ1) is 13.2. The Labute approximate surface area is 188 Å².